The molecule has 0 spiro atoms. The minimum atomic E-state index is -0.132. The summed E-state index contributed by atoms with van der Waals surface area (Å²) in [6.45, 7) is 2.25. The van der Waals surface area contributed by atoms with Gasteiger partial charge in [-0.15, -0.1) is 0 Å². The number of nitrogens with zero attached hydrogens (tertiary/aromatic N) is 1. The lowest BCUT2D eigenvalue weighted by Gasteiger charge is -2.25. The lowest BCUT2D eigenvalue weighted by Crippen LogP contribution is -2.30. The van der Waals surface area contributed by atoms with Crippen molar-refractivity contribution < 1.29 is 4.39 Å². The van der Waals surface area contributed by atoms with E-state index in [0.717, 1.165) is 18.5 Å². The smallest absolute Gasteiger partial charge is 0.123 e. The summed E-state index contributed by atoms with van der Waals surface area (Å²) in [5.41, 5.74) is 1.25. The zero-order valence-corrected chi connectivity index (χ0v) is 10.9. The molecule has 98 valence electrons. The Bertz CT molecular complexity index is 377. The second-order valence-electron chi connectivity index (χ2n) is 5.94. The summed E-state index contributed by atoms with van der Waals surface area (Å²) in [6, 6.07) is 7.82. The van der Waals surface area contributed by atoms with Crippen molar-refractivity contribution in [1.29, 1.82) is 0 Å². The van der Waals surface area contributed by atoms with E-state index in [2.05, 4.69) is 4.90 Å². The van der Waals surface area contributed by atoms with Gasteiger partial charge in [0.15, 0.2) is 0 Å². The molecule has 3 rings (SSSR count). The van der Waals surface area contributed by atoms with Gasteiger partial charge in [-0.3, -0.25) is 4.90 Å². The van der Waals surface area contributed by atoms with Crippen LogP contribution in [0.4, 0.5) is 4.39 Å². The van der Waals surface area contributed by atoms with E-state index >= 15 is 0 Å². The Morgan fingerprint density at radius 2 is 1.67 bits per heavy atom. The Morgan fingerprint density at radius 1 is 1.00 bits per heavy atom. The predicted octanol–water partition coefficient (Wildman–Crippen LogP) is 3.98. The number of halogens is 1. The SMILES string of the molecule is Fc1ccc(CN(CC2CCCC2)C2CC2)cc1. The summed E-state index contributed by atoms with van der Waals surface area (Å²) >= 11 is 0. The molecule has 0 aliphatic heterocycles. The number of rotatable bonds is 5. The Morgan fingerprint density at radius 3 is 2.28 bits per heavy atom. The highest BCUT2D eigenvalue weighted by atomic mass is 19.1. The molecule has 2 aliphatic carbocycles. The van der Waals surface area contributed by atoms with Crippen molar-refractivity contribution >= 4 is 0 Å². The monoisotopic (exact) mass is 247 g/mol. The molecule has 1 nitrogen and oxygen atoms in total. The van der Waals surface area contributed by atoms with Gasteiger partial charge in [0.1, 0.15) is 5.82 Å². The van der Waals surface area contributed by atoms with Crippen LogP contribution in [0.3, 0.4) is 0 Å². The van der Waals surface area contributed by atoms with E-state index in [1.165, 1.54) is 50.6 Å². The maximum Gasteiger partial charge on any atom is 0.123 e. The van der Waals surface area contributed by atoms with Crippen LogP contribution in [0.25, 0.3) is 0 Å². The minimum absolute atomic E-state index is 0.132. The third-order valence-corrected chi connectivity index (χ3v) is 4.33. The largest absolute Gasteiger partial charge is 0.296 e. The van der Waals surface area contributed by atoms with E-state index in [9.17, 15) is 4.39 Å². The molecule has 2 fully saturated rings. The summed E-state index contributed by atoms with van der Waals surface area (Å²) in [6.07, 6.45) is 8.36. The average Bonchev–Trinajstić information content (AvgIpc) is 3.10. The van der Waals surface area contributed by atoms with Gasteiger partial charge in [-0.25, -0.2) is 4.39 Å². The van der Waals surface area contributed by atoms with Crippen molar-refractivity contribution in [3.63, 3.8) is 0 Å². The van der Waals surface area contributed by atoms with Crippen LogP contribution in [-0.4, -0.2) is 17.5 Å². The lowest BCUT2D eigenvalue weighted by molar-refractivity contribution is 0.214. The van der Waals surface area contributed by atoms with Gasteiger partial charge in [0.2, 0.25) is 0 Å². The van der Waals surface area contributed by atoms with Crippen molar-refractivity contribution in [2.75, 3.05) is 6.54 Å². The molecule has 2 saturated carbocycles. The maximum atomic E-state index is 12.9. The average molecular weight is 247 g/mol. The Labute approximate surface area is 109 Å². The van der Waals surface area contributed by atoms with Gasteiger partial charge in [0.25, 0.3) is 0 Å². The normalized spacial score (nSPS) is 20.8. The maximum absolute atomic E-state index is 12.9. The van der Waals surface area contributed by atoms with Gasteiger partial charge in [-0.05, 0) is 49.3 Å². The number of hydrogen-bond acceptors (Lipinski definition) is 1. The summed E-state index contributed by atoms with van der Waals surface area (Å²) in [5.74, 6) is 0.776. The summed E-state index contributed by atoms with van der Waals surface area (Å²) in [4.78, 5) is 2.63. The fourth-order valence-corrected chi connectivity index (χ4v) is 3.13. The quantitative estimate of drug-likeness (QED) is 0.760. The Kier molecular flexibility index (Phi) is 3.64. The molecule has 0 heterocycles. The van der Waals surface area contributed by atoms with Crippen LogP contribution in [-0.2, 0) is 6.54 Å². The van der Waals surface area contributed by atoms with Crippen LogP contribution in [0, 0.1) is 11.7 Å². The molecule has 0 aromatic heterocycles. The zero-order valence-electron chi connectivity index (χ0n) is 10.9. The highest BCUT2D eigenvalue weighted by Gasteiger charge is 2.31. The van der Waals surface area contributed by atoms with Gasteiger partial charge < -0.3 is 0 Å². The molecular weight excluding hydrogens is 225 g/mol. The summed E-state index contributed by atoms with van der Waals surface area (Å²) < 4.78 is 12.9. The Hall–Kier alpha value is -0.890. The van der Waals surface area contributed by atoms with Gasteiger partial charge in [0.05, 0.1) is 0 Å². The van der Waals surface area contributed by atoms with Gasteiger partial charge in [0, 0.05) is 19.1 Å². The van der Waals surface area contributed by atoms with Crippen molar-refractivity contribution in [2.24, 2.45) is 5.92 Å². The first-order chi connectivity index (χ1) is 8.81. The first kappa shape index (κ1) is 12.2. The van der Waals surface area contributed by atoms with E-state index in [0.29, 0.717) is 0 Å². The standard InChI is InChI=1S/C16H22FN/c17-15-7-5-14(6-8-15)12-18(16-9-10-16)11-13-3-1-2-4-13/h5-8,13,16H,1-4,9-12H2. The topological polar surface area (TPSA) is 3.24 Å². The number of hydrogen-bond donors (Lipinski definition) is 0. The van der Waals surface area contributed by atoms with E-state index in [-0.39, 0.29) is 5.82 Å². The van der Waals surface area contributed by atoms with Crippen LogP contribution in [0.5, 0.6) is 0 Å². The highest BCUT2D eigenvalue weighted by molar-refractivity contribution is 5.16. The van der Waals surface area contributed by atoms with E-state index in [1.807, 2.05) is 12.1 Å². The van der Waals surface area contributed by atoms with E-state index in [1.54, 1.807) is 12.1 Å². The van der Waals surface area contributed by atoms with Gasteiger partial charge in [-0.2, -0.15) is 0 Å². The molecule has 0 N–H and O–H groups in total. The van der Waals surface area contributed by atoms with Crippen molar-refractivity contribution in [2.45, 2.75) is 51.1 Å². The molecule has 2 heteroatoms. The van der Waals surface area contributed by atoms with Crippen LogP contribution < -0.4 is 0 Å². The lowest BCUT2D eigenvalue weighted by atomic mass is 10.1. The molecule has 1 aromatic rings. The molecular formula is C16H22FN. The third-order valence-electron chi connectivity index (χ3n) is 4.33. The predicted molar refractivity (Wildman–Crippen MR) is 71.8 cm³/mol. The first-order valence-corrected chi connectivity index (χ1v) is 7.30. The van der Waals surface area contributed by atoms with Crippen LogP contribution in [0.1, 0.15) is 44.1 Å². The van der Waals surface area contributed by atoms with Crippen LogP contribution in [0.15, 0.2) is 24.3 Å². The molecule has 0 saturated heterocycles. The second kappa shape index (κ2) is 5.40. The number of benzene rings is 1. The molecule has 2 aliphatic rings. The molecule has 18 heavy (non-hydrogen) atoms. The molecule has 0 bridgehead atoms. The summed E-state index contributed by atoms with van der Waals surface area (Å²) in [5, 5.41) is 0. The second-order valence-corrected chi connectivity index (χ2v) is 5.94. The van der Waals surface area contributed by atoms with Crippen LogP contribution in [0.2, 0.25) is 0 Å². The first-order valence-electron chi connectivity index (χ1n) is 7.30. The summed E-state index contributed by atoms with van der Waals surface area (Å²) in [7, 11) is 0. The zero-order chi connectivity index (χ0) is 12.4. The van der Waals surface area contributed by atoms with Crippen LogP contribution >= 0.6 is 0 Å². The van der Waals surface area contributed by atoms with E-state index < -0.39 is 0 Å². The fourth-order valence-electron chi connectivity index (χ4n) is 3.13. The van der Waals surface area contributed by atoms with Gasteiger partial charge in [-0.1, -0.05) is 25.0 Å². The molecule has 0 unspecified atom stereocenters. The molecule has 0 radical (unpaired) electrons. The van der Waals surface area contributed by atoms with Crippen molar-refractivity contribution in [3.8, 4) is 0 Å². The van der Waals surface area contributed by atoms with E-state index in [4.69, 9.17) is 0 Å². The third kappa shape index (κ3) is 3.11. The molecule has 0 atom stereocenters. The van der Waals surface area contributed by atoms with Crippen molar-refractivity contribution in [1.82, 2.24) is 4.90 Å². The minimum Gasteiger partial charge on any atom is -0.296 e. The highest BCUT2D eigenvalue weighted by Crippen LogP contribution is 2.32. The Balaban J connectivity index is 1.60. The fraction of sp³-hybridized carbons (Fsp3) is 0.625. The van der Waals surface area contributed by atoms with Crippen molar-refractivity contribution in [3.05, 3.63) is 35.6 Å². The molecule has 0 amide bonds. The molecule has 1 aromatic carbocycles. The van der Waals surface area contributed by atoms with Gasteiger partial charge >= 0.3 is 0 Å².